The highest BCUT2D eigenvalue weighted by molar-refractivity contribution is 9.10. The number of nitrogens with one attached hydrogen (secondary N) is 1. The molecule has 0 amide bonds. The number of ether oxygens (including phenoxy) is 3. The molecule has 1 aromatic carbocycles. The van der Waals surface area contributed by atoms with E-state index in [1.54, 1.807) is 19.1 Å². The summed E-state index contributed by atoms with van der Waals surface area (Å²) in [7, 11) is 4.60. The molecule has 0 aliphatic carbocycles. The third-order valence-electron chi connectivity index (χ3n) is 2.97. The van der Waals surface area contributed by atoms with Gasteiger partial charge in [0.2, 0.25) is 5.75 Å². The first kappa shape index (κ1) is 15.4. The summed E-state index contributed by atoms with van der Waals surface area (Å²) in [6.45, 7) is 1.75. The van der Waals surface area contributed by atoms with Crippen LogP contribution in [-0.2, 0) is 0 Å². The molecule has 0 atom stereocenters. The summed E-state index contributed by atoms with van der Waals surface area (Å²) >= 11 is 3.19. The van der Waals surface area contributed by atoms with E-state index in [2.05, 4.69) is 25.9 Å². The molecule has 1 heterocycles. The highest BCUT2D eigenvalue weighted by atomic mass is 79.9. The number of hydrogen-bond donors (Lipinski definition) is 1. The Kier molecular flexibility index (Phi) is 4.52. The predicted molar refractivity (Wildman–Crippen MR) is 82.4 cm³/mol. The lowest BCUT2D eigenvalue weighted by Crippen LogP contribution is -2.12. The molecular formula is C14H15BrN2O4. The van der Waals surface area contributed by atoms with Crippen LogP contribution >= 0.6 is 15.9 Å². The van der Waals surface area contributed by atoms with Crippen LogP contribution in [0.1, 0.15) is 5.69 Å². The first-order chi connectivity index (χ1) is 10.0. The van der Waals surface area contributed by atoms with Crippen molar-refractivity contribution in [3.63, 3.8) is 0 Å². The summed E-state index contributed by atoms with van der Waals surface area (Å²) in [6.07, 6.45) is 0. The van der Waals surface area contributed by atoms with E-state index in [1.807, 2.05) is 0 Å². The van der Waals surface area contributed by atoms with E-state index in [0.29, 0.717) is 38.8 Å². The highest BCUT2D eigenvalue weighted by Gasteiger charge is 2.16. The van der Waals surface area contributed by atoms with Crippen LogP contribution in [0.4, 0.5) is 0 Å². The number of hydrogen-bond acceptors (Lipinski definition) is 5. The number of H-pyrrole nitrogens is 1. The van der Waals surface area contributed by atoms with Crippen molar-refractivity contribution in [2.75, 3.05) is 21.3 Å². The number of aromatic amines is 1. The quantitative estimate of drug-likeness (QED) is 0.913. The maximum atomic E-state index is 11.8. The van der Waals surface area contributed by atoms with Gasteiger partial charge >= 0.3 is 0 Å². The van der Waals surface area contributed by atoms with E-state index in [-0.39, 0.29) is 5.56 Å². The van der Waals surface area contributed by atoms with Gasteiger partial charge in [-0.05, 0) is 35.0 Å². The molecule has 7 heteroatoms. The summed E-state index contributed by atoms with van der Waals surface area (Å²) in [5.41, 5.74) is 1.02. The lowest BCUT2D eigenvalue weighted by atomic mass is 10.1. The van der Waals surface area contributed by atoms with Crippen molar-refractivity contribution in [2.24, 2.45) is 0 Å². The largest absolute Gasteiger partial charge is 0.493 e. The maximum Gasteiger partial charge on any atom is 0.265 e. The van der Waals surface area contributed by atoms with Gasteiger partial charge in [0.1, 0.15) is 10.3 Å². The SMILES string of the molecule is COc1cc(-c2nc(C)c(Br)c(=O)[nH]2)cc(OC)c1OC. The number of benzene rings is 1. The van der Waals surface area contributed by atoms with Crippen LogP contribution in [0.25, 0.3) is 11.4 Å². The Labute approximate surface area is 130 Å². The molecule has 0 radical (unpaired) electrons. The van der Waals surface area contributed by atoms with Gasteiger partial charge in [0, 0.05) is 5.56 Å². The average molecular weight is 355 g/mol. The zero-order valence-corrected chi connectivity index (χ0v) is 13.7. The van der Waals surface area contributed by atoms with Gasteiger partial charge in [-0.3, -0.25) is 4.79 Å². The van der Waals surface area contributed by atoms with E-state index in [9.17, 15) is 4.79 Å². The van der Waals surface area contributed by atoms with Gasteiger partial charge in [-0.2, -0.15) is 0 Å². The van der Waals surface area contributed by atoms with Crippen LogP contribution in [0, 0.1) is 6.92 Å². The Morgan fingerprint density at radius 2 is 1.67 bits per heavy atom. The number of methoxy groups -OCH3 is 3. The molecule has 0 saturated heterocycles. The molecule has 1 aromatic heterocycles. The van der Waals surface area contributed by atoms with E-state index < -0.39 is 0 Å². The molecule has 21 heavy (non-hydrogen) atoms. The van der Waals surface area contributed by atoms with E-state index >= 15 is 0 Å². The van der Waals surface area contributed by atoms with Gasteiger partial charge < -0.3 is 19.2 Å². The minimum Gasteiger partial charge on any atom is -0.493 e. The van der Waals surface area contributed by atoms with Gasteiger partial charge in [0.15, 0.2) is 11.5 Å². The number of rotatable bonds is 4. The number of aryl methyl sites for hydroxylation is 1. The van der Waals surface area contributed by atoms with Gasteiger partial charge in [-0.1, -0.05) is 0 Å². The second kappa shape index (κ2) is 6.17. The number of halogens is 1. The van der Waals surface area contributed by atoms with Crippen LogP contribution < -0.4 is 19.8 Å². The second-order valence-corrected chi connectivity index (χ2v) is 5.02. The van der Waals surface area contributed by atoms with Gasteiger partial charge in [-0.15, -0.1) is 0 Å². The third-order valence-corrected chi connectivity index (χ3v) is 3.90. The molecule has 0 unspecified atom stereocenters. The molecule has 112 valence electrons. The van der Waals surface area contributed by atoms with E-state index in [1.165, 1.54) is 21.3 Å². The molecule has 2 aromatic rings. The fraction of sp³-hybridized carbons (Fsp3) is 0.286. The Morgan fingerprint density at radius 1 is 1.10 bits per heavy atom. The summed E-state index contributed by atoms with van der Waals surface area (Å²) in [5, 5.41) is 0. The third kappa shape index (κ3) is 2.87. The summed E-state index contributed by atoms with van der Waals surface area (Å²) in [4.78, 5) is 18.9. The molecule has 0 saturated carbocycles. The van der Waals surface area contributed by atoms with Crippen molar-refractivity contribution >= 4 is 15.9 Å². The zero-order chi connectivity index (χ0) is 15.6. The lowest BCUT2D eigenvalue weighted by Gasteiger charge is -2.14. The molecule has 0 fully saturated rings. The first-order valence-corrected chi connectivity index (χ1v) is 6.88. The molecule has 0 aliphatic heterocycles. The Bertz CT molecular complexity index is 702. The molecular weight excluding hydrogens is 340 g/mol. The standard InChI is InChI=1S/C14H15BrN2O4/c1-7-11(15)14(18)17-13(16-7)8-5-9(19-2)12(21-4)10(6-8)20-3/h5-6H,1-4H3,(H,16,17,18). The van der Waals surface area contributed by atoms with E-state index in [0.717, 1.165) is 0 Å². The van der Waals surface area contributed by atoms with Crippen molar-refractivity contribution in [3.8, 4) is 28.6 Å². The van der Waals surface area contributed by atoms with Crippen LogP contribution in [0.15, 0.2) is 21.4 Å². The highest BCUT2D eigenvalue weighted by Crippen LogP contribution is 2.40. The number of nitrogens with zero attached hydrogens (tertiary/aromatic N) is 1. The fourth-order valence-corrected chi connectivity index (χ4v) is 2.11. The van der Waals surface area contributed by atoms with Crippen molar-refractivity contribution in [1.29, 1.82) is 0 Å². The minimum atomic E-state index is -0.244. The minimum absolute atomic E-state index is 0.244. The maximum absolute atomic E-state index is 11.8. The van der Waals surface area contributed by atoms with Crippen LogP contribution in [0.3, 0.4) is 0 Å². The van der Waals surface area contributed by atoms with Crippen molar-refractivity contribution in [1.82, 2.24) is 9.97 Å². The molecule has 0 bridgehead atoms. The monoisotopic (exact) mass is 354 g/mol. The summed E-state index contributed by atoms with van der Waals surface area (Å²) < 4.78 is 16.3. The normalized spacial score (nSPS) is 10.3. The van der Waals surface area contributed by atoms with E-state index in [4.69, 9.17) is 14.2 Å². The van der Waals surface area contributed by atoms with Crippen molar-refractivity contribution < 1.29 is 14.2 Å². The molecule has 0 spiro atoms. The van der Waals surface area contributed by atoms with Crippen LogP contribution in [0.2, 0.25) is 0 Å². The van der Waals surface area contributed by atoms with Crippen molar-refractivity contribution in [3.05, 3.63) is 32.7 Å². The second-order valence-electron chi connectivity index (χ2n) is 4.23. The van der Waals surface area contributed by atoms with Crippen LogP contribution in [0.5, 0.6) is 17.2 Å². The Hall–Kier alpha value is -2.02. The smallest absolute Gasteiger partial charge is 0.265 e. The molecule has 1 N–H and O–H groups in total. The average Bonchev–Trinajstić information content (AvgIpc) is 2.50. The molecule has 0 aliphatic rings. The Balaban J connectivity index is 2.67. The fourth-order valence-electron chi connectivity index (χ4n) is 1.93. The topological polar surface area (TPSA) is 73.4 Å². The lowest BCUT2D eigenvalue weighted by molar-refractivity contribution is 0.324. The zero-order valence-electron chi connectivity index (χ0n) is 12.1. The van der Waals surface area contributed by atoms with Gasteiger partial charge in [0.05, 0.1) is 27.0 Å². The Morgan fingerprint density at radius 3 is 2.10 bits per heavy atom. The van der Waals surface area contributed by atoms with Crippen molar-refractivity contribution in [2.45, 2.75) is 6.92 Å². The van der Waals surface area contributed by atoms with Crippen LogP contribution in [-0.4, -0.2) is 31.3 Å². The summed E-state index contributed by atoms with van der Waals surface area (Å²) in [5.74, 6) is 1.91. The van der Waals surface area contributed by atoms with Gasteiger partial charge in [0.25, 0.3) is 5.56 Å². The first-order valence-electron chi connectivity index (χ1n) is 6.08. The molecule has 6 nitrogen and oxygen atoms in total. The molecule has 2 rings (SSSR count). The predicted octanol–water partition coefficient (Wildman–Crippen LogP) is 2.53. The summed E-state index contributed by atoms with van der Waals surface area (Å²) in [6, 6.07) is 3.46. The van der Waals surface area contributed by atoms with Gasteiger partial charge in [-0.25, -0.2) is 4.98 Å². The number of aromatic nitrogens is 2.